The standard InChI is InChI=1S/C45H25N5/c46-26-29-17-22-45-40(23-29)38-12-4-5-13-41(38)49(45)33-20-21-34(32(24-33)28-48)30-18-19-31(27-47)39(25-30)37-11-3-8-16-44(37)50-42-14-6-1-9-35(42)36-10-2-7-15-43(36)50/h1-25H. The highest BCUT2D eigenvalue weighted by molar-refractivity contribution is 6.11. The summed E-state index contributed by atoms with van der Waals surface area (Å²) in [6.45, 7) is 0. The molecule has 0 fully saturated rings. The van der Waals surface area contributed by atoms with Crippen LogP contribution in [0.3, 0.4) is 0 Å². The van der Waals surface area contributed by atoms with E-state index in [0.717, 1.165) is 66.5 Å². The van der Waals surface area contributed by atoms with Gasteiger partial charge in [-0.15, -0.1) is 0 Å². The van der Waals surface area contributed by atoms with Gasteiger partial charge in [-0.3, -0.25) is 0 Å². The van der Waals surface area contributed by atoms with Crippen LogP contribution in [0.1, 0.15) is 16.7 Å². The molecular weight excluding hydrogens is 611 g/mol. The van der Waals surface area contributed by atoms with E-state index in [9.17, 15) is 15.8 Å². The molecule has 0 bridgehead atoms. The molecule has 50 heavy (non-hydrogen) atoms. The molecule has 2 heterocycles. The second-order valence-electron chi connectivity index (χ2n) is 12.3. The molecule has 0 aliphatic rings. The van der Waals surface area contributed by atoms with Crippen molar-refractivity contribution in [3.05, 3.63) is 168 Å². The fourth-order valence-corrected chi connectivity index (χ4v) is 7.45. The normalized spacial score (nSPS) is 11.1. The van der Waals surface area contributed by atoms with Gasteiger partial charge < -0.3 is 9.13 Å². The summed E-state index contributed by atoms with van der Waals surface area (Å²) in [5.41, 5.74) is 11.0. The second-order valence-corrected chi connectivity index (χ2v) is 12.3. The van der Waals surface area contributed by atoms with E-state index in [1.54, 1.807) is 0 Å². The van der Waals surface area contributed by atoms with E-state index in [1.807, 2.05) is 78.9 Å². The lowest BCUT2D eigenvalue weighted by Crippen LogP contribution is -1.99. The van der Waals surface area contributed by atoms with Crippen LogP contribution in [0, 0.1) is 34.0 Å². The fraction of sp³-hybridized carbons (Fsp3) is 0. The number of hydrogen-bond donors (Lipinski definition) is 0. The number of nitriles is 3. The van der Waals surface area contributed by atoms with Gasteiger partial charge in [-0.05, 0) is 77.9 Å². The molecule has 0 unspecified atom stereocenters. The first kappa shape index (κ1) is 28.8. The van der Waals surface area contributed by atoms with Crippen LogP contribution >= 0.6 is 0 Å². The maximum absolute atomic E-state index is 10.5. The SMILES string of the molecule is N#Cc1ccc2c(c1)c1ccccc1n2-c1ccc(-c2ccc(C#N)c(-c3ccccc3-n3c4ccccc4c4ccccc43)c2)c(C#N)c1. The molecule has 0 atom stereocenters. The van der Waals surface area contributed by atoms with Gasteiger partial charge in [0.1, 0.15) is 0 Å². The summed E-state index contributed by atoms with van der Waals surface area (Å²) in [5, 5.41) is 34.8. The van der Waals surface area contributed by atoms with Gasteiger partial charge in [-0.2, -0.15) is 15.8 Å². The highest BCUT2D eigenvalue weighted by Crippen LogP contribution is 2.39. The van der Waals surface area contributed by atoms with Crippen molar-refractivity contribution in [2.24, 2.45) is 0 Å². The Morgan fingerprint density at radius 2 is 0.980 bits per heavy atom. The molecule has 0 radical (unpaired) electrons. The molecule has 0 saturated carbocycles. The first-order valence-corrected chi connectivity index (χ1v) is 16.3. The van der Waals surface area contributed by atoms with Crippen molar-refractivity contribution in [1.29, 1.82) is 15.8 Å². The van der Waals surface area contributed by atoms with Crippen LogP contribution in [0.4, 0.5) is 0 Å². The highest BCUT2D eigenvalue weighted by atomic mass is 15.0. The van der Waals surface area contributed by atoms with Gasteiger partial charge in [-0.25, -0.2) is 0 Å². The van der Waals surface area contributed by atoms with Crippen LogP contribution in [0.2, 0.25) is 0 Å². The minimum Gasteiger partial charge on any atom is -0.309 e. The van der Waals surface area contributed by atoms with Crippen LogP contribution in [0.15, 0.2) is 152 Å². The quantitative estimate of drug-likeness (QED) is 0.193. The number of fused-ring (bicyclic) bond motifs is 6. The summed E-state index contributed by atoms with van der Waals surface area (Å²) in [6, 6.07) is 57.7. The van der Waals surface area contributed by atoms with Gasteiger partial charge in [0.15, 0.2) is 0 Å². The van der Waals surface area contributed by atoms with E-state index in [1.165, 1.54) is 10.8 Å². The fourth-order valence-electron chi connectivity index (χ4n) is 7.45. The van der Waals surface area contributed by atoms with E-state index in [2.05, 4.69) is 100 Å². The zero-order valence-electron chi connectivity index (χ0n) is 26.7. The van der Waals surface area contributed by atoms with Crippen LogP contribution < -0.4 is 0 Å². The molecule has 230 valence electrons. The van der Waals surface area contributed by atoms with Crippen molar-refractivity contribution in [2.45, 2.75) is 0 Å². The van der Waals surface area contributed by atoms with E-state index >= 15 is 0 Å². The summed E-state index contributed by atoms with van der Waals surface area (Å²) in [6.07, 6.45) is 0. The summed E-state index contributed by atoms with van der Waals surface area (Å²) in [4.78, 5) is 0. The summed E-state index contributed by atoms with van der Waals surface area (Å²) in [5.74, 6) is 0. The van der Waals surface area contributed by atoms with E-state index in [4.69, 9.17) is 0 Å². The predicted octanol–water partition coefficient (Wildman–Crippen LogP) is 10.8. The van der Waals surface area contributed by atoms with Crippen molar-refractivity contribution >= 4 is 43.6 Å². The van der Waals surface area contributed by atoms with Crippen molar-refractivity contribution in [1.82, 2.24) is 9.13 Å². The Morgan fingerprint density at radius 3 is 1.66 bits per heavy atom. The van der Waals surface area contributed by atoms with Gasteiger partial charge in [-0.1, -0.05) is 84.9 Å². The maximum Gasteiger partial charge on any atom is 0.0998 e. The number of hydrogen-bond acceptors (Lipinski definition) is 3. The maximum atomic E-state index is 10.5. The monoisotopic (exact) mass is 635 g/mol. The summed E-state index contributed by atoms with van der Waals surface area (Å²) in [7, 11) is 0. The van der Waals surface area contributed by atoms with Crippen molar-refractivity contribution < 1.29 is 0 Å². The predicted molar refractivity (Wildman–Crippen MR) is 200 cm³/mol. The Kier molecular flexibility index (Phi) is 6.56. The zero-order valence-corrected chi connectivity index (χ0v) is 26.7. The Hall–Kier alpha value is -7.39. The van der Waals surface area contributed by atoms with Crippen molar-refractivity contribution in [3.63, 3.8) is 0 Å². The highest BCUT2D eigenvalue weighted by Gasteiger charge is 2.19. The lowest BCUT2D eigenvalue weighted by molar-refractivity contribution is 1.18. The molecule has 9 rings (SSSR count). The van der Waals surface area contributed by atoms with Gasteiger partial charge in [0.2, 0.25) is 0 Å². The third-order valence-electron chi connectivity index (χ3n) is 9.65. The molecule has 0 aliphatic carbocycles. The first-order chi connectivity index (χ1) is 24.7. The Morgan fingerprint density at radius 1 is 0.380 bits per heavy atom. The summed E-state index contributed by atoms with van der Waals surface area (Å²) >= 11 is 0. The van der Waals surface area contributed by atoms with Crippen LogP contribution in [-0.4, -0.2) is 9.13 Å². The Labute approximate surface area is 287 Å². The smallest absolute Gasteiger partial charge is 0.0998 e. The lowest BCUT2D eigenvalue weighted by Gasteiger charge is -2.16. The molecule has 9 aromatic rings. The minimum atomic E-state index is 0.522. The molecule has 5 heteroatoms. The van der Waals surface area contributed by atoms with Crippen LogP contribution in [0.5, 0.6) is 0 Å². The third kappa shape index (κ3) is 4.31. The Bertz CT molecular complexity index is 2920. The molecule has 0 amide bonds. The Balaban J connectivity index is 1.22. The zero-order chi connectivity index (χ0) is 33.8. The van der Waals surface area contributed by atoms with Crippen molar-refractivity contribution in [3.8, 4) is 51.8 Å². The van der Waals surface area contributed by atoms with E-state index in [0.29, 0.717) is 16.7 Å². The average molecular weight is 636 g/mol. The molecule has 7 aromatic carbocycles. The molecule has 2 aromatic heterocycles. The lowest BCUT2D eigenvalue weighted by atomic mass is 9.92. The number of rotatable bonds is 4. The van der Waals surface area contributed by atoms with Crippen molar-refractivity contribution in [2.75, 3.05) is 0 Å². The number of para-hydroxylation sites is 4. The topological polar surface area (TPSA) is 81.2 Å². The first-order valence-electron chi connectivity index (χ1n) is 16.3. The molecular formula is C45H25N5. The summed E-state index contributed by atoms with van der Waals surface area (Å²) < 4.78 is 4.41. The van der Waals surface area contributed by atoms with Crippen LogP contribution in [0.25, 0.3) is 77.2 Å². The van der Waals surface area contributed by atoms with Crippen LogP contribution in [-0.2, 0) is 0 Å². The number of aromatic nitrogens is 2. The van der Waals surface area contributed by atoms with Gasteiger partial charge in [0.05, 0.1) is 62.7 Å². The van der Waals surface area contributed by atoms with Gasteiger partial charge in [0.25, 0.3) is 0 Å². The molecule has 0 aliphatic heterocycles. The molecule has 5 nitrogen and oxygen atoms in total. The van der Waals surface area contributed by atoms with Gasteiger partial charge >= 0.3 is 0 Å². The number of nitrogens with zero attached hydrogens (tertiary/aromatic N) is 5. The minimum absolute atomic E-state index is 0.522. The van der Waals surface area contributed by atoms with Gasteiger partial charge in [0, 0.05) is 38.4 Å². The number of benzene rings is 7. The molecule has 0 saturated heterocycles. The molecule has 0 N–H and O–H groups in total. The van der Waals surface area contributed by atoms with E-state index in [-0.39, 0.29) is 0 Å². The third-order valence-corrected chi connectivity index (χ3v) is 9.65. The van der Waals surface area contributed by atoms with E-state index < -0.39 is 0 Å². The largest absolute Gasteiger partial charge is 0.309 e. The second kappa shape index (κ2) is 11.4. The molecule has 0 spiro atoms. The average Bonchev–Trinajstić information content (AvgIpc) is 3.70.